The summed E-state index contributed by atoms with van der Waals surface area (Å²) in [5.74, 6) is -0.0803. The van der Waals surface area contributed by atoms with E-state index in [1.807, 2.05) is 41.3 Å². The predicted molar refractivity (Wildman–Crippen MR) is 89.6 cm³/mol. The summed E-state index contributed by atoms with van der Waals surface area (Å²) in [4.78, 5) is 14.3. The van der Waals surface area contributed by atoms with Crippen LogP contribution in [-0.2, 0) is 11.3 Å². The van der Waals surface area contributed by atoms with Crippen molar-refractivity contribution < 1.29 is 9.18 Å². The zero-order valence-corrected chi connectivity index (χ0v) is 13.0. The first kappa shape index (κ1) is 15.5. The number of rotatable bonds is 4. The summed E-state index contributed by atoms with van der Waals surface area (Å²) in [6, 6.07) is 16.7. The second-order valence-electron chi connectivity index (χ2n) is 5.92. The molecule has 4 heteroatoms. The Labute approximate surface area is 136 Å². The fourth-order valence-electron chi connectivity index (χ4n) is 3.02. The molecule has 23 heavy (non-hydrogen) atoms. The van der Waals surface area contributed by atoms with Gasteiger partial charge in [-0.15, -0.1) is 0 Å². The Bertz CT molecular complexity index is 651. The largest absolute Gasteiger partial charge is 0.369 e. The van der Waals surface area contributed by atoms with Crippen LogP contribution in [0.15, 0.2) is 54.6 Å². The maximum absolute atomic E-state index is 13.8. The van der Waals surface area contributed by atoms with Crippen molar-refractivity contribution in [2.75, 3.05) is 18.0 Å². The summed E-state index contributed by atoms with van der Waals surface area (Å²) >= 11 is 0. The maximum Gasteiger partial charge on any atom is 0.223 e. The minimum atomic E-state index is -0.195. The first-order valence-electron chi connectivity index (χ1n) is 8.05. The molecule has 2 aromatic rings. The van der Waals surface area contributed by atoms with Gasteiger partial charge in [0.1, 0.15) is 5.82 Å². The van der Waals surface area contributed by atoms with Gasteiger partial charge in [-0.1, -0.05) is 42.5 Å². The molecule has 2 aromatic carbocycles. The fraction of sp³-hybridized carbons (Fsp3) is 0.316. The number of hydrogen-bond donors (Lipinski definition) is 1. The highest BCUT2D eigenvalue weighted by atomic mass is 19.1. The molecule has 3 rings (SSSR count). The van der Waals surface area contributed by atoms with Crippen molar-refractivity contribution in [2.45, 2.75) is 19.4 Å². The van der Waals surface area contributed by atoms with E-state index in [0.29, 0.717) is 25.3 Å². The van der Waals surface area contributed by atoms with Crippen LogP contribution in [0.3, 0.4) is 0 Å². The second kappa shape index (κ2) is 7.27. The Morgan fingerprint density at radius 2 is 1.70 bits per heavy atom. The molecule has 1 aliphatic heterocycles. The summed E-state index contributed by atoms with van der Waals surface area (Å²) in [6.45, 7) is 1.99. The molecular weight excluding hydrogens is 291 g/mol. The first-order chi connectivity index (χ1) is 11.2. The molecule has 0 spiro atoms. The smallest absolute Gasteiger partial charge is 0.223 e. The Balaban J connectivity index is 1.50. The molecule has 1 aliphatic rings. The third-order valence-electron chi connectivity index (χ3n) is 4.37. The molecule has 3 nitrogen and oxygen atoms in total. The van der Waals surface area contributed by atoms with Gasteiger partial charge in [-0.2, -0.15) is 0 Å². The summed E-state index contributed by atoms with van der Waals surface area (Å²) in [5, 5.41) is 3.00. The highest BCUT2D eigenvalue weighted by Crippen LogP contribution is 2.25. The topological polar surface area (TPSA) is 32.3 Å². The highest BCUT2D eigenvalue weighted by Gasteiger charge is 2.25. The molecule has 0 atom stereocenters. The first-order valence-corrected chi connectivity index (χ1v) is 8.05. The number of nitrogens with one attached hydrogen (secondary N) is 1. The van der Waals surface area contributed by atoms with Gasteiger partial charge in [-0.3, -0.25) is 4.79 Å². The number of halogens is 1. The van der Waals surface area contributed by atoms with E-state index in [2.05, 4.69) is 5.32 Å². The van der Waals surface area contributed by atoms with Crippen molar-refractivity contribution in [2.24, 2.45) is 5.92 Å². The standard InChI is InChI=1S/C19H21FN2O/c20-17-8-4-5-9-18(17)22-12-10-16(11-13-22)19(23)21-14-15-6-2-1-3-7-15/h1-9,16H,10-14H2,(H,21,23). The van der Waals surface area contributed by atoms with Crippen molar-refractivity contribution in [1.82, 2.24) is 5.32 Å². The lowest BCUT2D eigenvalue weighted by atomic mass is 9.95. The lowest BCUT2D eigenvalue weighted by Gasteiger charge is -2.33. The average Bonchev–Trinajstić information content (AvgIpc) is 2.61. The molecule has 0 radical (unpaired) electrons. The number of amides is 1. The zero-order valence-electron chi connectivity index (χ0n) is 13.0. The van der Waals surface area contributed by atoms with Crippen LogP contribution in [0.4, 0.5) is 10.1 Å². The quantitative estimate of drug-likeness (QED) is 0.939. The van der Waals surface area contributed by atoms with Crippen molar-refractivity contribution in [3.05, 3.63) is 66.0 Å². The molecule has 1 amide bonds. The Kier molecular flexibility index (Phi) is 4.91. The second-order valence-corrected chi connectivity index (χ2v) is 5.92. The van der Waals surface area contributed by atoms with E-state index in [1.54, 1.807) is 12.1 Å². The molecular formula is C19H21FN2O. The van der Waals surface area contributed by atoms with Gasteiger partial charge >= 0.3 is 0 Å². The number of piperidine rings is 1. The molecule has 0 aromatic heterocycles. The van der Waals surface area contributed by atoms with Gasteiger partial charge in [-0.25, -0.2) is 4.39 Å². The number of hydrogen-bond acceptors (Lipinski definition) is 2. The molecule has 1 heterocycles. The van der Waals surface area contributed by atoms with Crippen LogP contribution in [0.2, 0.25) is 0 Å². The van der Waals surface area contributed by atoms with Crippen LogP contribution in [0, 0.1) is 11.7 Å². The number of para-hydroxylation sites is 1. The lowest BCUT2D eigenvalue weighted by molar-refractivity contribution is -0.125. The van der Waals surface area contributed by atoms with Crippen LogP contribution in [-0.4, -0.2) is 19.0 Å². The Morgan fingerprint density at radius 1 is 1.04 bits per heavy atom. The van der Waals surface area contributed by atoms with E-state index in [9.17, 15) is 9.18 Å². The van der Waals surface area contributed by atoms with Gasteiger partial charge in [0, 0.05) is 25.6 Å². The van der Waals surface area contributed by atoms with Gasteiger partial charge in [-0.05, 0) is 30.5 Å². The maximum atomic E-state index is 13.8. The highest BCUT2D eigenvalue weighted by molar-refractivity contribution is 5.79. The van der Waals surface area contributed by atoms with Gasteiger partial charge in [0.25, 0.3) is 0 Å². The van der Waals surface area contributed by atoms with Crippen molar-refractivity contribution in [3.63, 3.8) is 0 Å². The van der Waals surface area contributed by atoms with Crippen LogP contribution < -0.4 is 10.2 Å². The lowest BCUT2D eigenvalue weighted by Crippen LogP contribution is -2.40. The molecule has 1 saturated heterocycles. The third-order valence-corrected chi connectivity index (χ3v) is 4.37. The summed E-state index contributed by atoms with van der Waals surface area (Å²) in [6.07, 6.45) is 1.52. The van der Waals surface area contributed by atoms with E-state index in [1.165, 1.54) is 6.07 Å². The van der Waals surface area contributed by atoms with Crippen LogP contribution in [0.25, 0.3) is 0 Å². The molecule has 0 bridgehead atoms. The minimum absolute atomic E-state index is 0.0155. The molecule has 0 aliphatic carbocycles. The molecule has 1 N–H and O–H groups in total. The van der Waals surface area contributed by atoms with Crippen molar-refractivity contribution >= 4 is 11.6 Å². The SMILES string of the molecule is O=C(NCc1ccccc1)C1CCN(c2ccccc2F)CC1. The van der Waals surface area contributed by atoms with E-state index in [-0.39, 0.29) is 17.6 Å². The van der Waals surface area contributed by atoms with Crippen molar-refractivity contribution in [1.29, 1.82) is 0 Å². The number of benzene rings is 2. The normalized spacial score (nSPS) is 15.4. The molecule has 0 unspecified atom stereocenters. The van der Waals surface area contributed by atoms with Gasteiger partial charge in [0.05, 0.1) is 5.69 Å². The minimum Gasteiger partial charge on any atom is -0.369 e. The number of nitrogens with zero attached hydrogens (tertiary/aromatic N) is 1. The fourth-order valence-corrected chi connectivity index (χ4v) is 3.02. The van der Waals surface area contributed by atoms with Gasteiger partial charge in [0.15, 0.2) is 0 Å². The Hall–Kier alpha value is -2.36. The van der Waals surface area contributed by atoms with E-state index < -0.39 is 0 Å². The van der Waals surface area contributed by atoms with Crippen LogP contribution >= 0.6 is 0 Å². The average molecular weight is 312 g/mol. The van der Waals surface area contributed by atoms with Gasteiger partial charge < -0.3 is 10.2 Å². The number of carbonyl (C=O) groups is 1. The van der Waals surface area contributed by atoms with Gasteiger partial charge in [0.2, 0.25) is 5.91 Å². The number of anilines is 1. The van der Waals surface area contributed by atoms with E-state index in [4.69, 9.17) is 0 Å². The zero-order chi connectivity index (χ0) is 16.1. The molecule has 0 saturated carbocycles. The predicted octanol–water partition coefficient (Wildman–Crippen LogP) is 3.36. The third kappa shape index (κ3) is 3.89. The van der Waals surface area contributed by atoms with E-state index >= 15 is 0 Å². The molecule has 1 fully saturated rings. The molecule has 120 valence electrons. The number of carbonyl (C=O) groups excluding carboxylic acids is 1. The summed E-state index contributed by atoms with van der Waals surface area (Å²) in [5.41, 5.74) is 1.74. The monoisotopic (exact) mass is 312 g/mol. The van der Waals surface area contributed by atoms with Crippen LogP contribution in [0.1, 0.15) is 18.4 Å². The summed E-state index contributed by atoms with van der Waals surface area (Å²) in [7, 11) is 0. The Morgan fingerprint density at radius 3 is 2.39 bits per heavy atom. The van der Waals surface area contributed by atoms with Crippen LogP contribution in [0.5, 0.6) is 0 Å². The summed E-state index contributed by atoms with van der Waals surface area (Å²) < 4.78 is 13.8. The van der Waals surface area contributed by atoms with E-state index in [0.717, 1.165) is 18.4 Å². The van der Waals surface area contributed by atoms with Crippen molar-refractivity contribution in [3.8, 4) is 0 Å².